The van der Waals surface area contributed by atoms with Crippen molar-refractivity contribution in [2.24, 2.45) is 0 Å². The van der Waals surface area contributed by atoms with Crippen LogP contribution in [0.25, 0.3) is 11.1 Å². The maximum atomic E-state index is 3.55. The van der Waals surface area contributed by atoms with Crippen molar-refractivity contribution in [3.8, 4) is 11.1 Å². The minimum Gasteiger partial charge on any atom is -0.356 e. The van der Waals surface area contributed by atoms with Gasteiger partial charge in [0.25, 0.3) is 0 Å². The molecule has 0 aliphatic heterocycles. The zero-order valence-electron chi connectivity index (χ0n) is 16.8. The Morgan fingerprint density at radius 1 is 0.467 bits per heavy atom. The predicted octanol–water partition coefficient (Wildman–Crippen LogP) is 8.98. The summed E-state index contributed by atoms with van der Waals surface area (Å²) in [7, 11) is 0. The molecule has 2 nitrogen and oxygen atoms in total. The van der Waals surface area contributed by atoms with Gasteiger partial charge in [-0.1, -0.05) is 56.1 Å². The molecule has 0 aliphatic carbocycles. The van der Waals surface area contributed by atoms with Crippen molar-refractivity contribution in [2.45, 2.75) is 13.8 Å². The van der Waals surface area contributed by atoms with Crippen LogP contribution in [0, 0.1) is 13.8 Å². The highest BCUT2D eigenvalue weighted by molar-refractivity contribution is 9.10. The van der Waals surface area contributed by atoms with E-state index < -0.39 is 0 Å². The molecule has 0 unspecified atom stereocenters. The number of benzene rings is 4. The molecule has 0 radical (unpaired) electrons. The molecule has 30 heavy (non-hydrogen) atoms. The van der Waals surface area contributed by atoms with Crippen molar-refractivity contribution in [1.29, 1.82) is 0 Å². The van der Waals surface area contributed by atoms with Gasteiger partial charge in [-0.25, -0.2) is 0 Å². The summed E-state index contributed by atoms with van der Waals surface area (Å²) in [6, 6.07) is 29.6. The molecule has 0 spiro atoms. The fourth-order valence-electron chi connectivity index (χ4n) is 3.27. The summed E-state index contributed by atoms with van der Waals surface area (Å²) < 4.78 is 2.24. The zero-order chi connectivity index (χ0) is 21.1. The van der Waals surface area contributed by atoms with Gasteiger partial charge in [0, 0.05) is 31.7 Å². The third-order valence-corrected chi connectivity index (χ3v) is 6.78. The Kier molecular flexibility index (Phi) is 6.26. The van der Waals surface area contributed by atoms with E-state index >= 15 is 0 Å². The lowest BCUT2D eigenvalue weighted by Gasteiger charge is -2.11. The first-order valence-electron chi connectivity index (χ1n) is 9.75. The number of hydrogen-bond acceptors (Lipinski definition) is 2. The maximum absolute atomic E-state index is 3.55. The smallest absolute Gasteiger partial charge is 0.0387 e. The average molecular weight is 522 g/mol. The van der Waals surface area contributed by atoms with Crippen LogP contribution in [0.1, 0.15) is 11.1 Å². The Hall–Kier alpha value is -2.56. The Bertz CT molecular complexity index is 1070. The first-order valence-corrected chi connectivity index (χ1v) is 11.3. The lowest BCUT2D eigenvalue weighted by Crippen LogP contribution is -1.92. The standard InChI is InChI=1S/C26H22Br2N2/c1-17-15-23(11-13-25(17)27)29-21-7-3-19(4-8-21)20-5-9-22(10-6-20)30-24-12-14-26(28)18(2)16-24/h3-16,29-30H,1-2H3. The topological polar surface area (TPSA) is 24.1 Å². The number of rotatable bonds is 5. The molecule has 4 aromatic carbocycles. The minimum absolute atomic E-state index is 1.07. The molecule has 0 fully saturated rings. The third kappa shape index (κ3) is 4.94. The van der Waals surface area contributed by atoms with E-state index in [4.69, 9.17) is 0 Å². The zero-order valence-corrected chi connectivity index (χ0v) is 20.0. The molecule has 2 N–H and O–H groups in total. The van der Waals surface area contributed by atoms with Crippen molar-refractivity contribution in [3.63, 3.8) is 0 Å². The first kappa shape index (κ1) is 20.7. The van der Waals surface area contributed by atoms with Crippen LogP contribution in [0.5, 0.6) is 0 Å². The van der Waals surface area contributed by atoms with Gasteiger partial charge in [0.1, 0.15) is 0 Å². The van der Waals surface area contributed by atoms with Crippen LogP contribution < -0.4 is 10.6 Å². The van der Waals surface area contributed by atoms with Gasteiger partial charge in [0.2, 0.25) is 0 Å². The monoisotopic (exact) mass is 520 g/mol. The maximum Gasteiger partial charge on any atom is 0.0387 e. The summed E-state index contributed by atoms with van der Waals surface area (Å²) >= 11 is 7.09. The lowest BCUT2D eigenvalue weighted by molar-refractivity contribution is 1.41. The van der Waals surface area contributed by atoms with Crippen LogP contribution in [0.3, 0.4) is 0 Å². The van der Waals surface area contributed by atoms with Crippen LogP contribution >= 0.6 is 31.9 Å². The van der Waals surface area contributed by atoms with Crippen molar-refractivity contribution in [2.75, 3.05) is 10.6 Å². The molecule has 0 bridgehead atoms. The van der Waals surface area contributed by atoms with Gasteiger partial charge < -0.3 is 10.6 Å². The summed E-state index contributed by atoms with van der Waals surface area (Å²) in [5.41, 5.74) is 9.13. The average Bonchev–Trinajstić information content (AvgIpc) is 2.75. The number of anilines is 4. The molecular weight excluding hydrogens is 500 g/mol. The molecule has 4 heteroatoms. The quantitative estimate of drug-likeness (QED) is 0.273. The van der Waals surface area contributed by atoms with E-state index in [1.165, 1.54) is 22.3 Å². The molecule has 4 aromatic rings. The first-order chi connectivity index (χ1) is 14.5. The van der Waals surface area contributed by atoms with E-state index in [1.807, 2.05) is 0 Å². The van der Waals surface area contributed by atoms with Gasteiger partial charge in [0.15, 0.2) is 0 Å². The van der Waals surface area contributed by atoms with Crippen molar-refractivity contribution in [1.82, 2.24) is 0 Å². The predicted molar refractivity (Wildman–Crippen MR) is 136 cm³/mol. The largest absolute Gasteiger partial charge is 0.356 e. The van der Waals surface area contributed by atoms with Crippen LogP contribution in [0.4, 0.5) is 22.7 Å². The molecule has 0 amide bonds. The Morgan fingerprint density at radius 2 is 0.800 bits per heavy atom. The summed E-state index contributed by atoms with van der Waals surface area (Å²) in [6.45, 7) is 4.18. The van der Waals surface area contributed by atoms with E-state index in [-0.39, 0.29) is 0 Å². The fourth-order valence-corrected chi connectivity index (χ4v) is 3.76. The second kappa shape index (κ2) is 9.07. The number of nitrogens with one attached hydrogen (secondary N) is 2. The van der Waals surface area contributed by atoms with Crippen LogP contribution in [0.2, 0.25) is 0 Å². The second-order valence-corrected chi connectivity index (χ2v) is 9.04. The molecule has 150 valence electrons. The summed E-state index contributed by atoms with van der Waals surface area (Å²) in [5, 5.41) is 6.92. The molecule has 4 rings (SSSR count). The van der Waals surface area contributed by atoms with Gasteiger partial charge in [-0.15, -0.1) is 0 Å². The van der Waals surface area contributed by atoms with Crippen LogP contribution in [-0.2, 0) is 0 Å². The lowest BCUT2D eigenvalue weighted by atomic mass is 10.0. The highest BCUT2D eigenvalue weighted by Gasteiger charge is 2.02. The van der Waals surface area contributed by atoms with Gasteiger partial charge in [-0.2, -0.15) is 0 Å². The van der Waals surface area contributed by atoms with E-state index in [0.717, 1.165) is 31.7 Å². The minimum atomic E-state index is 1.07. The molecule has 0 saturated heterocycles. The molecule has 0 atom stereocenters. The van der Waals surface area contributed by atoms with E-state index in [2.05, 4.69) is 141 Å². The van der Waals surface area contributed by atoms with E-state index in [1.54, 1.807) is 0 Å². The highest BCUT2D eigenvalue weighted by Crippen LogP contribution is 2.28. The van der Waals surface area contributed by atoms with Gasteiger partial charge in [-0.3, -0.25) is 0 Å². The van der Waals surface area contributed by atoms with Crippen molar-refractivity contribution >= 4 is 54.6 Å². The Morgan fingerprint density at radius 3 is 1.13 bits per heavy atom. The molecule has 0 saturated carbocycles. The van der Waals surface area contributed by atoms with Gasteiger partial charge in [0.05, 0.1) is 0 Å². The SMILES string of the molecule is Cc1cc(Nc2ccc(-c3ccc(Nc4ccc(Br)c(C)c4)cc3)cc2)ccc1Br. The summed E-state index contributed by atoms with van der Waals surface area (Å²) in [5.74, 6) is 0. The van der Waals surface area contributed by atoms with Crippen molar-refractivity contribution < 1.29 is 0 Å². The Balaban J connectivity index is 1.44. The molecule has 0 aliphatic rings. The van der Waals surface area contributed by atoms with Gasteiger partial charge in [-0.05, 0) is 96.8 Å². The summed E-state index contributed by atoms with van der Waals surface area (Å²) in [4.78, 5) is 0. The van der Waals surface area contributed by atoms with Crippen molar-refractivity contribution in [3.05, 3.63) is 105 Å². The highest BCUT2D eigenvalue weighted by atomic mass is 79.9. The van der Waals surface area contributed by atoms with E-state index in [9.17, 15) is 0 Å². The van der Waals surface area contributed by atoms with Crippen LogP contribution in [-0.4, -0.2) is 0 Å². The molecule has 0 aromatic heterocycles. The Labute approximate surface area is 194 Å². The fraction of sp³-hybridized carbons (Fsp3) is 0.0769. The van der Waals surface area contributed by atoms with E-state index in [0.29, 0.717) is 0 Å². The second-order valence-electron chi connectivity index (χ2n) is 7.33. The van der Waals surface area contributed by atoms with Crippen LogP contribution in [0.15, 0.2) is 93.9 Å². The number of aryl methyl sites for hydroxylation is 2. The molecule has 0 heterocycles. The number of halogens is 2. The normalized spacial score (nSPS) is 10.7. The summed E-state index contributed by atoms with van der Waals surface area (Å²) in [6.07, 6.45) is 0. The number of hydrogen-bond donors (Lipinski definition) is 2. The van der Waals surface area contributed by atoms with Gasteiger partial charge >= 0.3 is 0 Å². The third-order valence-electron chi connectivity index (χ3n) is 5.00. The molecular formula is C26H22Br2N2.